The van der Waals surface area contributed by atoms with E-state index in [1.165, 1.54) is 0 Å². The molecular weight excluding hydrogens is 228 g/mol. The zero-order chi connectivity index (χ0) is 12.7. The maximum atomic E-state index is 11.3. The Hall–Kier alpha value is -2.03. The number of carboxylic acids is 1. The zero-order valence-corrected chi connectivity index (χ0v) is 9.94. The van der Waals surface area contributed by atoms with Crippen LogP contribution >= 0.6 is 0 Å². The third-order valence-corrected chi connectivity index (χ3v) is 3.69. The van der Waals surface area contributed by atoms with Crippen LogP contribution in [0.1, 0.15) is 30.4 Å². The normalized spacial score (nSPS) is 17.9. The molecule has 0 aliphatic heterocycles. The number of carbonyl (C=O) groups is 1. The van der Waals surface area contributed by atoms with Gasteiger partial charge in [-0.2, -0.15) is 0 Å². The van der Waals surface area contributed by atoms with Crippen molar-refractivity contribution >= 4 is 11.5 Å². The van der Waals surface area contributed by atoms with Crippen molar-refractivity contribution in [2.75, 3.05) is 0 Å². The summed E-state index contributed by atoms with van der Waals surface area (Å²) < 4.78 is 0. The first kappa shape index (κ1) is 11.1. The van der Waals surface area contributed by atoms with E-state index in [9.17, 15) is 15.0 Å². The van der Waals surface area contributed by atoms with Gasteiger partial charge in [-0.05, 0) is 60.1 Å². The molecule has 0 fully saturated rings. The summed E-state index contributed by atoms with van der Waals surface area (Å²) in [7, 11) is 0. The largest absolute Gasteiger partial charge is 0.508 e. The van der Waals surface area contributed by atoms with Gasteiger partial charge in [0.1, 0.15) is 5.75 Å². The van der Waals surface area contributed by atoms with Gasteiger partial charge >= 0.3 is 5.97 Å². The number of phenolic OH excluding ortho intramolecular Hbond substituents is 1. The molecule has 2 aliphatic rings. The molecule has 0 atom stereocenters. The van der Waals surface area contributed by atoms with E-state index in [-0.39, 0.29) is 5.75 Å². The van der Waals surface area contributed by atoms with Crippen LogP contribution in [0.5, 0.6) is 5.75 Å². The van der Waals surface area contributed by atoms with E-state index < -0.39 is 5.97 Å². The van der Waals surface area contributed by atoms with Crippen molar-refractivity contribution in [1.29, 1.82) is 0 Å². The standard InChI is InChI=1S/C15H14O3/c16-11-5-7-12-10(8-11)3-1-2-9-4-6-13(14(9)12)15(17)18/h2,5,7-8,16H,1,3-4,6H2,(H,17,18). The Morgan fingerprint density at radius 3 is 2.78 bits per heavy atom. The molecule has 0 amide bonds. The predicted octanol–water partition coefficient (Wildman–Crippen LogP) is 2.90. The van der Waals surface area contributed by atoms with Crippen LogP contribution in [0.25, 0.3) is 5.57 Å². The minimum Gasteiger partial charge on any atom is -0.508 e. The molecule has 3 rings (SSSR count). The van der Waals surface area contributed by atoms with E-state index >= 15 is 0 Å². The van der Waals surface area contributed by atoms with Crippen LogP contribution in [-0.4, -0.2) is 16.2 Å². The number of hydrogen-bond donors (Lipinski definition) is 2. The Morgan fingerprint density at radius 1 is 1.17 bits per heavy atom. The molecule has 0 heterocycles. The van der Waals surface area contributed by atoms with Gasteiger partial charge in [-0.25, -0.2) is 4.79 Å². The molecule has 0 saturated heterocycles. The van der Waals surface area contributed by atoms with Gasteiger partial charge in [-0.15, -0.1) is 0 Å². The molecule has 1 aromatic rings. The molecule has 0 aromatic heterocycles. The molecular formula is C15H14O3. The van der Waals surface area contributed by atoms with Gasteiger partial charge in [0, 0.05) is 5.57 Å². The maximum absolute atomic E-state index is 11.3. The van der Waals surface area contributed by atoms with Crippen molar-refractivity contribution in [3.8, 4) is 5.75 Å². The van der Waals surface area contributed by atoms with Crippen LogP contribution in [0.2, 0.25) is 0 Å². The fourth-order valence-corrected chi connectivity index (χ4v) is 2.89. The SMILES string of the molecule is O=C(O)C1=C2C(=CCCc3cc(O)ccc32)CC1. The third kappa shape index (κ3) is 1.63. The second-order valence-corrected chi connectivity index (χ2v) is 4.77. The number of allylic oxidation sites excluding steroid dienone is 3. The molecule has 3 heteroatoms. The first-order valence-electron chi connectivity index (χ1n) is 6.15. The van der Waals surface area contributed by atoms with E-state index in [1.807, 2.05) is 6.07 Å². The summed E-state index contributed by atoms with van der Waals surface area (Å²) in [5.41, 5.74) is 4.56. The van der Waals surface area contributed by atoms with Crippen LogP contribution in [0, 0.1) is 0 Å². The van der Waals surface area contributed by atoms with E-state index in [2.05, 4.69) is 6.08 Å². The molecule has 1 aromatic carbocycles. The highest BCUT2D eigenvalue weighted by Gasteiger charge is 2.28. The summed E-state index contributed by atoms with van der Waals surface area (Å²) in [6.45, 7) is 0. The first-order valence-corrected chi connectivity index (χ1v) is 6.15. The third-order valence-electron chi connectivity index (χ3n) is 3.69. The Kier molecular flexibility index (Phi) is 2.47. The fourth-order valence-electron chi connectivity index (χ4n) is 2.89. The number of fused-ring (bicyclic) bond motifs is 3. The molecule has 0 unspecified atom stereocenters. The molecule has 0 spiro atoms. The molecule has 0 saturated carbocycles. The number of hydrogen-bond acceptors (Lipinski definition) is 2. The van der Waals surface area contributed by atoms with Gasteiger partial charge in [-0.3, -0.25) is 0 Å². The van der Waals surface area contributed by atoms with Crippen LogP contribution in [0.15, 0.2) is 35.4 Å². The lowest BCUT2D eigenvalue weighted by Crippen LogP contribution is -2.01. The van der Waals surface area contributed by atoms with Gasteiger partial charge in [0.25, 0.3) is 0 Å². The summed E-state index contributed by atoms with van der Waals surface area (Å²) in [5, 5.41) is 18.8. The van der Waals surface area contributed by atoms with Crippen LogP contribution in [-0.2, 0) is 11.2 Å². The fraction of sp³-hybridized carbons (Fsp3) is 0.267. The monoisotopic (exact) mass is 242 g/mol. The average molecular weight is 242 g/mol. The predicted molar refractivity (Wildman–Crippen MR) is 68.3 cm³/mol. The molecule has 2 N–H and O–H groups in total. The summed E-state index contributed by atoms with van der Waals surface area (Å²) in [6, 6.07) is 5.22. The molecule has 0 bridgehead atoms. The highest BCUT2D eigenvalue weighted by molar-refractivity contribution is 6.03. The summed E-state index contributed by atoms with van der Waals surface area (Å²) in [4.78, 5) is 11.3. The Morgan fingerprint density at radius 2 is 2.00 bits per heavy atom. The van der Waals surface area contributed by atoms with Crippen molar-refractivity contribution < 1.29 is 15.0 Å². The van der Waals surface area contributed by atoms with Crippen molar-refractivity contribution in [3.63, 3.8) is 0 Å². The lowest BCUT2D eigenvalue weighted by molar-refractivity contribution is -0.132. The minimum absolute atomic E-state index is 0.243. The highest BCUT2D eigenvalue weighted by Crippen LogP contribution is 2.42. The Bertz CT molecular complexity index is 594. The van der Waals surface area contributed by atoms with Crippen molar-refractivity contribution in [2.45, 2.75) is 25.7 Å². The maximum Gasteiger partial charge on any atom is 0.332 e. The number of rotatable bonds is 1. The lowest BCUT2D eigenvalue weighted by atomic mass is 9.95. The molecule has 18 heavy (non-hydrogen) atoms. The topological polar surface area (TPSA) is 57.5 Å². The quantitative estimate of drug-likeness (QED) is 0.796. The Balaban J connectivity index is 2.25. The highest BCUT2D eigenvalue weighted by atomic mass is 16.4. The Labute approximate surface area is 105 Å². The van der Waals surface area contributed by atoms with Gasteiger partial charge in [0.2, 0.25) is 0 Å². The van der Waals surface area contributed by atoms with E-state index in [1.54, 1.807) is 12.1 Å². The van der Waals surface area contributed by atoms with Crippen molar-refractivity contribution in [1.82, 2.24) is 0 Å². The van der Waals surface area contributed by atoms with E-state index in [4.69, 9.17) is 0 Å². The van der Waals surface area contributed by atoms with Crippen LogP contribution in [0.3, 0.4) is 0 Å². The smallest absolute Gasteiger partial charge is 0.332 e. The van der Waals surface area contributed by atoms with Crippen molar-refractivity contribution in [3.05, 3.63) is 46.5 Å². The second kappa shape index (κ2) is 4.02. The van der Waals surface area contributed by atoms with Crippen LogP contribution < -0.4 is 0 Å². The van der Waals surface area contributed by atoms with Gasteiger partial charge < -0.3 is 10.2 Å². The van der Waals surface area contributed by atoms with Crippen LogP contribution in [0.4, 0.5) is 0 Å². The van der Waals surface area contributed by atoms with E-state index in [0.717, 1.165) is 41.5 Å². The summed E-state index contributed by atoms with van der Waals surface area (Å²) >= 11 is 0. The van der Waals surface area contributed by atoms with Gasteiger partial charge in [0.05, 0.1) is 0 Å². The first-order chi connectivity index (χ1) is 8.66. The van der Waals surface area contributed by atoms with Gasteiger partial charge in [-0.1, -0.05) is 12.1 Å². The molecule has 92 valence electrons. The number of carboxylic acid groups (broad SMARTS) is 1. The van der Waals surface area contributed by atoms with E-state index in [0.29, 0.717) is 12.0 Å². The summed E-state index contributed by atoms with van der Waals surface area (Å²) in [6.07, 6.45) is 5.32. The van der Waals surface area contributed by atoms with Gasteiger partial charge in [0.15, 0.2) is 0 Å². The minimum atomic E-state index is -0.825. The number of aryl methyl sites for hydroxylation is 1. The molecule has 2 aliphatic carbocycles. The second-order valence-electron chi connectivity index (χ2n) is 4.77. The zero-order valence-electron chi connectivity index (χ0n) is 9.94. The molecule has 3 nitrogen and oxygen atoms in total. The molecule has 0 radical (unpaired) electrons. The summed E-state index contributed by atoms with van der Waals surface area (Å²) in [5.74, 6) is -0.581. The number of aliphatic carboxylic acids is 1. The van der Waals surface area contributed by atoms with Crippen molar-refractivity contribution in [2.24, 2.45) is 0 Å². The lowest BCUT2D eigenvalue weighted by Gasteiger charge is -2.10. The number of phenols is 1. The average Bonchev–Trinajstić information content (AvgIpc) is 2.66. The number of benzene rings is 1. The number of aromatic hydroxyl groups is 1.